The second-order valence-corrected chi connectivity index (χ2v) is 6.38. The SMILES string of the molecule is Cc1nc(C)c(C(C)NCc2ccc(CCN)cc2)s1. The van der Waals surface area contributed by atoms with Gasteiger partial charge in [0.15, 0.2) is 0 Å². The monoisotopic (exact) mass is 289 g/mol. The molecule has 2 aromatic rings. The van der Waals surface area contributed by atoms with Gasteiger partial charge in [-0.3, -0.25) is 0 Å². The summed E-state index contributed by atoms with van der Waals surface area (Å²) in [5, 5.41) is 4.70. The molecule has 0 spiro atoms. The topological polar surface area (TPSA) is 50.9 Å². The van der Waals surface area contributed by atoms with Gasteiger partial charge < -0.3 is 11.1 Å². The number of rotatable bonds is 6. The van der Waals surface area contributed by atoms with Gasteiger partial charge in [-0.2, -0.15) is 0 Å². The number of hydrogen-bond acceptors (Lipinski definition) is 4. The van der Waals surface area contributed by atoms with Gasteiger partial charge in [0.25, 0.3) is 0 Å². The largest absolute Gasteiger partial charge is 0.330 e. The van der Waals surface area contributed by atoms with Crippen molar-refractivity contribution in [2.45, 2.75) is 39.8 Å². The first-order valence-electron chi connectivity index (χ1n) is 7.05. The van der Waals surface area contributed by atoms with Crippen LogP contribution in [0.15, 0.2) is 24.3 Å². The highest BCUT2D eigenvalue weighted by Crippen LogP contribution is 2.24. The number of nitrogens with one attached hydrogen (secondary N) is 1. The number of hydrogen-bond donors (Lipinski definition) is 2. The first-order valence-corrected chi connectivity index (χ1v) is 7.87. The van der Waals surface area contributed by atoms with E-state index >= 15 is 0 Å². The van der Waals surface area contributed by atoms with E-state index in [1.54, 1.807) is 11.3 Å². The average molecular weight is 289 g/mol. The quantitative estimate of drug-likeness (QED) is 0.859. The third kappa shape index (κ3) is 3.88. The molecule has 2 rings (SSSR count). The number of benzene rings is 1. The summed E-state index contributed by atoms with van der Waals surface area (Å²) in [7, 11) is 0. The maximum atomic E-state index is 5.56. The van der Waals surface area contributed by atoms with Crippen molar-refractivity contribution in [3.8, 4) is 0 Å². The van der Waals surface area contributed by atoms with Gasteiger partial charge in [0.2, 0.25) is 0 Å². The predicted octanol–water partition coefficient (Wildman–Crippen LogP) is 3.11. The van der Waals surface area contributed by atoms with Crippen LogP contribution in [0.2, 0.25) is 0 Å². The van der Waals surface area contributed by atoms with Crippen molar-refractivity contribution in [3.63, 3.8) is 0 Å². The predicted molar refractivity (Wildman–Crippen MR) is 86.0 cm³/mol. The smallest absolute Gasteiger partial charge is 0.0900 e. The van der Waals surface area contributed by atoms with Gasteiger partial charge in [0.1, 0.15) is 0 Å². The molecule has 1 heterocycles. The van der Waals surface area contributed by atoms with Crippen LogP contribution in [-0.4, -0.2) is 11.5 Å². The Bertz CT molecular complexity index is 545. The summed E-state index contributed by atoms with van der Waals surface area (Å²) < 4.78 is 0. The number of nitrogens with two attached hydrogens (primary N) is 1. The first kappa shape index (κ1) is 15.2. The molecule has 0 aliphatic rings. The molecule has 1 unspecified atom stereocenters. The highest BCUT2D eigenvalue weighted by molar-refractivity contribution is 7.11. The molecule has 4 heteroatoms. The second-order valence-electron chi connectivity index (χ2n) is 5.14. The lowest BCUT2D eigenvalue weighted by molar-refractivity contribution is 0.579. The molecule has 0 saturated carbocycles. The fourth-order valence-electron chi connectivity index (χ4n) is 2.30. The number of nitrogens with zero attached hydrogens (tertiary/aromatic N) is 1. The Morgan fingerprint density at radius 1 is 1.20 bits per heavy atom. The van der Waals surface area contributed by atoms with Gasteiger partial charge in [-0.05, 0) is 44.9 Å². The van der Waals surface area contributed by atoms with Crippen LogP contribution in [0.3, 0.4) is 0 Å². The molecule has 3 nitrogen and oxygen atoms in total. The number of aromatic nitrogens is 1. The zero-order valence-corrected chi connectivity index (χ0v) is 13.3. The van der Waals surface area contributed by atoms with E-state index in [4.69, 9.17) is 5.73 Å². The van der Waals surface area contributed by atoms with Crippen molar-refractivity contribution in [1.82, 2.24) is 10.3 Å². The van der Waals surface area contributed by atoms with Crippen LogP contribution >= 0.6 is 11.3 Å². The Morgan fingerprint density at radius 2 is 1.85 bits per heavy atom. The Balaban J connectivity index is 1.92. The van der Waals surface area contributed by atoms with Crippen molar-refractivity contribution in [2.75, 3.05) is 6.54 Å². The molecule has 20 heavy (non-hydrogen) atoms. The summed E-state index contributed by atoms with van der Waals surface area (Å²) in [6.45, 7) is 7.92. The van der Waals surface area contributed by atoms with Crippen molar-refractivity contribution >= 4 is 11.3 Å². The van der Waals surface area contributed by atoms with E-state index < -0.39 is 0 Å². The fraction of sp³-hybridized carbons (Fsp3) is 0.438. The van der Waals surface area contributed by atoms with Gasteiger partial charge in [-0.25, -0.2) is 4.98 Å². The summed E-state index contributed by atoms with van der Waals surface area (Å²) in [5.74, 6) is 0. The van der Waals surface area contributed by atoms with Crippen LogP contribution in [0.4, 0.5) is 0 Å². The summed E-state index contributed by atoms with van der Waals surface area (Å²) in [6, 6.07) is 9.02. The normalized spacial score (nSPS) is 12.6. The van der Waals surface area contributed by atoms with Crippen LogP contribution in [0.1, 0.15) is 39.7 Å². The minimum absolute atomic E-state index is 0.338. The zero-order chi connectivity index (χ0) is 14.5. The van der Waals surface area contributed by atoms with Crippen LogP contribution in [0.5, 0.6) is 0 Å². The lowest BCUT2D eigenvalue weighted by Gasteiger charge is -2.13. The van der Waals surface area contributed by atoms with E-state index in [2.05, 4.69) is 55.3 Å². The Kier molecular flexibility index (Phi) is 5.29. The fourth-order valence-corrected chi connectivity index (χ4v) is 3.26. The highest BCUT2D eigenvalue weighted by atomic mass is 32.1. The van der Waals surface area contributed by atoms with E-state index in [1.165, 1.54) is 16.0 Å². The number of aryl methyl sites for hydroxylation is 2. The van der Waals surface area contributed by atoms with Crippen molar-refractivity contribution < 1.29 is 0 Å². The van der Waals surface area contributed by atoms with Crippen molar-refractivity contribution in [1.29, 1.82) is 0 Å². The van der Waals surface area contributed by atoms with Crippen molar-refractivity contribution in [3.05, 3.63) is 51.0 Å². The molecular formula is C16H23N3S. The third-order valence-electron chi connectivity index (χ3n) is 3.40. The first-order chi connectivity index (χ1) is 9.60. The van der Waals surface area contributed by atoms with Crippen LogP contribution < -0.4 is 11.1 Å². The molecule has 1 aromatic carbocycles. The van der Waals surface area contributed by atoms with Gasteiger partial charge in [0, 0.05) is 17.5 Å². The highest BCUT2D eigenvalue weighted by Gasteiger charge is 2.12. The number of thiazole rings is 1. The average Bonchev–Trinajstić information content (AvgIpc) is 2.77. The van der Waals surface area contributed by atoms with Crippen LogP contribution in [-0.2, 0) is 13.0 Å². The molecule has 0 radical (unpaired) electrons. The molecule has 0 fully saturated rings. The summed E-state index contributed by atoms with van der Waals surface area (Å²) >= 11 is 1.78. The van der Waals surface area contributed by atoms with E-state index in [-0.39, 0.29) is 0 Å². The lowest BCUT2D eigenvalue weighted by atomic mass is 10.1. The van der Waals surface area contributed by atoms with Crippen LogP contribution in [0, 0.1) is 13.8 Å². The maximum Gasteiger partial charge on any atom is 0.0900 e. The molecule has 0 saturated heterocycles. The Hall–Kier alpha value is -1.23. The summed E-state index contributed by atoms with van der Waals surface area (Å²) in [6.07, 6.45) is 0.948. The Labute approximate surface area is 125 Å². The molecular weight excluding hydrogens is 266 g/mol. The molecule has 3 N–H and O–H groups in total. The lowest BCUT2D eigenvalue weighted by Crippen LogP contribution is -2.17. The summed E-state index contributed by atoms with van der Waals surface area (Å²) in [4.78, 5) is 5.82. The van der Waals surface area contributed by atoms with E-state index in [0.29, 0.717) is 12.6 Å². The Morgan fingerprint density at radius 3 is 2.40 bits per heavy atom. The second kappa shape index (κ2) is 6.97. The van der Waals surface area contributed by atoms with Crippen molar-refractivity contribution in [2.24, 2.45) is 5.73 Å². The standard InChI is InChI=1S/C16H23N3S/c1-11(16-12(2)19-13(3)20-16)18-10-15-6-4-14(5-7-15)8-9-17/h4-7,11,18H,8-10,17H2,1-3H3. The molecule has 108 valence electrons. The van der Waals surface area contributed by atoms with Gasteiger partial charge >= 0.3 is 0 Å². The molecule has 1 aromatic heterocycles. The molecule has 0 amide bonds. The minimum Gasteiger partial charge on any atom is -0.330 e. The van der Waals surface area contributed by atoms with Gasteiger partial charge in [-0.1, -0.05) is 24.3 Å². The van der Waals surface area contributed by atoms with E-state index in [0.717, 1.165) is 23.7 Å². The van der Waals surface area contributed by atoms with E-state index in [9.17, 15) is 0 Å². The molecule has 0 aliphatic carbocycles. The van der Waals surface area contributed by atoms with Gasteiger partial charge in [-0.15, -0.1) is 11.3 Å². The molecule has 0 bridgehead atoms. The van der Waals surface area contributed by atoms with Gasteiger partial charge in [0.05, 0.1) is 10.7 Å². The van der Waals surface area contributed by atoms with E-state index in [1.807, 2.05) is 0 Å². The molecule has 0 aliphatic heterocycles. The summed E-state index contributed by atoms with van der Waals surface area (Å²) in [5.41, 5.74) is 9.31. The maximum absolute atomic E-state index is 5.56. The molecule has 1 atom stereocenters. The minimum atomic E-state index is 0.338. The van der Waals surface area contributed by atoms with Crippen LogP contribution in [0.25, 0.3) is 0 Å². The third-order valence-corrected chi connectivity index (χ3v) is 4.66. The zero-order valence-electron chi connectivity index (χ0n) is 12.4.